The molecule has 0 fully saturated rings. The lowest BCUT2D eigenvalue weighted by molar-refractivity contribution is -0.119. The molecule has 1 aromatic carbocycles. The van der Waals surface area contributed by atoms with Crippen LogP contribution in [-0.4, -0.2) is 34.8 Å². The molecule has 0 spiro atoms. The van der Waals surface area contributed by atoms with Crippen LogP contribution in [0.3, 0.4) is 0 Å². The molecule has 8 heteroatoms. The minimum atomic E-state index is -0.611. The Bertz CT molecular complexity index is 878. The van der Waals surface area contributed by atoms with Gasteiger partial charge in [0.2, 0.25) is 5.91 Å². The molecule has 142 valence electrons. The number of hydrogen-bond acceptors (Lipinski definition) is 4. The highest BCUT2D eigenvalue weighted by Crippen LogP contribution is 2.23. The molecule has 0 saturated heterocycles. The molecule has 0 saturated carbocycles. The van der Waals surface area contributed by atoms with Gasteiger partial charge in [-0.25, -0.2) is 13.8 Å². The molecule has 0 aliphatic carbocycles. The number of nitrogens with one attached hydrogen (secondary N) is 2. The number of halogens is 2. The van der Waals surface area contributed by atoms with E-state index in [1.165, 1.54) is 19.1 Å². The molecule has 0 bridgehead atoms. The summed E-state index contributed by atoms with van der Waals surface area (Å²) < 4.78 is 27.9. The number of benzene rings is 1. The summed E-state index contributed by atoms with van der Waals surface area (Å²) in [5.41, 5.74) is 1.55. The van der Waals surface area contributed by atoms with E-state index in [0.29, 0.717) is 42.3 Å². The van der Waals surface area contributed by atoms with Gasteiger partial charge in [0, 0.05) is 32.1 Å². The number of aryl methyl sites for hydroxylation is 1. The van der Waals surface area contributed by atoms with Gasteiger partial charge in [0.1, 0.15) is 17.5 Å². The third kappa shape index (κ3) is 4.21. The number of rotatable bonds is 6. The third-order valence-electron chi connectivity index (χ3n) is 4.32. The lowest BCUT2D eigenvalue weighted by atomic mass is 10.1. The molecule has 0 unspecified atom stereocenters. The molecule has 2 aromatic rings. The van der Waals surface area contributed by atoms with Crippen LogP contribution in [-0.2, 0) is 17.9 Å². The molecule has 1 aromatic heterocycles. The van der Waals surface area contributed by atoms with Crippen LogP contribution >= 0.6 is 0 Å². The van der Waals surface area contributed by atoms with Crippen LogP contribution in [0.5, 0.6) is 0 Å². The largest absolute Gasteiger partial charge is 0.366 e. The molecule has 0 radical (unpaired) electrons. The van der Waals surface area contributed by atoms with Crippen molar-refractivity contribution in [2.75, 3.05) is 18.4 Å². The zero-order chi connectivity index (χ0) is 19.6. The summed E-state index contributed by atoms with van der Waals surface area (Å²) in [6.07, 6.45) is 0. The monoisotopic (exact) mass is 374 g/mol. The van der Waals surface area contributed by atoms with Crippen LogP contribution < -0.4 is 10.6 Å². The van der Waals surface area contributed by atoms with Crippen LogP contribution in [0.25, 0.3) is 0 Å². The normalized spacial score (nSPS) is 12.9. The maximum Gasteiger partial charge on any atom is 0.256 e. The molecule has 27 heavy (non-hydrogen) atoms. The second-order valence-corrected chi connectivity index (χ2v) is 6.46. The van der Waals surface area contributed by atoms with Crippen LogP contribution in [0, 0.1) is 18.6 Å². The van der Waals surface area contributed by atoms with Gasteiger partial charge in [0.05, 0.1) is 17.8 Å². The lowest BCUT2D eigenvalue weighted by Gasteiger charge is -2.14. The fourth-order valence-electron chi connectivity index (χ4n) is 2.96. The van der Waals surface area contributed by atoms with Crippen LogP contribution in [0.15, 0.2) is 24.3 Å². The Balaban J connectivity index is 1.66. The molecule has 3 rings (SSSR count). The Morgan fingerprint density at radius 1 is 1.26 bits per heavy atom. The van der Waals surface area contributed by atoms with Crippen molar-refractivity contribution in [3.8, 4) is 0 Å². The summed E-state index contributed by atoms with van der Waals surface area (Å²) >= 11 is 0. The Labute approximate surface area is 155 Å². The number of carbonyl (C=O) groups excluding carboxylic acids is 2. The van der Waals surface area contributed by atoms with Crippen molar-refractivity contribution in [1.82, 2.24) is 15.2 Å². The molecule has 2 heterocycles. The quantitative estimate of drug-likeness (QED) is 0.814. The molecular formula is C19H20F2N4O2. The first kappa shape index (κ1) is 18.8. The number of nitrogens with zero attached hydrogens (tertiary/aromatic N) is 2. The number of hydrogen-bond donors (Lipinski definition) is 2. The van der Waals surface area contributed by atoms with E-state index >= 15 is 0 Å². The number of anilines is 1. The van der Waals surface area contributed by atoms with E-state index < -0.39 is 11.6 Å². The maximum atomic E-state index is 13.9. The fourth-order valence-corrected chi connectivity index (χ4v) is 2.96. The second-order valence-electron chi connectivity index (χ2n) is 6.46. The summed E-state index contributed by atoms with van der Waals surface area (Å²) in [5, 5.41) is 5.55. The zero-order valence-corrected chi connectivity index (χ0v) is 15.1. The third-order valence-corrected chi connectivity index (χ3v) is 4.32. The van der Waals surface area contributed by atoms with E-state index in [4.69, 9.17) is 0 Å². The topological polar surface area (TPSA) is 74.3 Å². The summed E-state index contributed by atoms with van der Waals surface area (Å²) in [6.45, 7) is 4.07. The Kier molecular flexibility index (Phi) is 5.34. The van der Waals surface area contributed by atoms with Crippen LogP contribution in [0.1, 0.15) is 34.1 Å². The average molecular weight is 374 g/mol. The van der Waals surface area contributed by atoms with Gasteiger partial charge in [-0.15, -0.1) is 0 Å². The Morgan fingerprint density at radius 2 is 1.96 bits per heavy atom. The van der Waals surface area contributed by atoms with E-state index in [1.807, 2.05) is 0 Å². The molecule has 2 amide bonds. The SMILES string of the molecule is CC(=O)NCCN1Cc2nc(NCc3c(F)cc(C)cc3F)ccc2C1=O. The molecular weight excluding hydrogens is 354 g/mol. The lowest BCUT2D eigenvalue weighted by Crippen LogP contribution is -2.34. The predicted molar refractivity (Wildman–Crippen MR) is 96.1 cm³/mol. The first-order chi connectivity index (χ1) is 12.8. The number of amides is 2. The number of aromatic nitrogens is 1. The highest BCUT2D eigenvalue weighted by Gasteiger charge is 2.28. The van der Waals surface area contributed by atoms with Crippen molar-refractivity contribution >= 4 is 17.6 Å². The van der Waals surface area contributed by atoms with Gasteiger partial charge in [0.15, 0.2) is 0 Å². The van der Waals surface area contributed by atoms with E-state index in [2.05, 4.69) is 15.6 Å². The number of pyridine rings is 1. The average Bonchev–Trinajstić information content (AvgIpc) is 2.89. The highest BCUT2D eigenvalue weighted by molar-refractivity contribution is 5.98. The summed E-state index contributed by atoms with van der Waals surface area (Å²) in [5.74, 6) is -1.09. The maximum absolute atomic E-state index is 13.9. The van der Waals surface area contributed by atoms with Gasteiger partial charge in [-0.2, -0.15) is 0 Å². The smallest absolute Gasteiger partial charge is 0.256 e. The van der Waals surface area contributed by atoms with Gasteiger partial charge < -0.3 is 15.5 Å². The van der Waals surface area contributed by atoms with Crippen LogP contribution in [0.2, 0.25) is 0 Å². The van der Waals surface area contributed by atoms with E-state index in [-0.39, 0.29) is 23.9 Å². The van der Waals surface area contributed by atoms with Crippen molar-refractivity contribution in [3.05, 3.63) is 58.3 Å². The zero-order valence-electron chi connectivity index (χ0n) is 15.1. The number of carbonyl (C=O) groups is 2. The number of fused-ring (bicyclic) bond motifs is 1. The molecule has 2 N–H and O–H groups in total. The van der Waals surface area contributed by atoms with Gasteiger partial charge >= 0.3 is 0 Å². The van der Waals surface area contributed by atoms with E-state index in [1.54, 1.807) is 24.0 Å². The van der Waals surface area contributed by atoms with Crippen molar-refractivity contribution in [2.24, 2.45) is 0 Å². The molecule has 6 nitrogen and oxygen atoms in total. The minimum Gasteiger partial charge on any atom is -0.366 e. The van der Waals surface area contributed by atoms with Gasteiger partial charge in [0.25, 0.3) is 5.91 Å². The first-order valence-corrected chi connectivity index (χ1v) is 8.57. The van der Waals surface area contributed by atoms with Gasteiger partial charge in [-0.1, -0.05) is 0 Å². The van der Waals surface area contributed by atoms with Crippen molar-refractivity contribution < 1.29 is 18.4 Å². The standard InChI is InChI=1S/C19H20F2N4O2/c1-11-7-15(20)14(16(21)8-11)9-23-18-4-3-13-17(24-18)10-25(19(13)27)6-5-22-12(2)26/h3-4,7-8H,5-6,9-10H2,1-2H3,(H,22,26)(H,23,24). The summed E-state index contributed by atoms with van der Waals surface area (Å²) in [6, 6.07) is 5.81. The van der Waals surface area contributed by atoms with Gasteiger partial charge in [-0.3, -0.25) is 9.59 Å². The van der Waals surface area contributed by atoms with E-state index in [9.17, 15) is 18.4 Å². The van der Waals surface area contributed by atoms with Crippen molar-refractivity contribution in [2.45, 2.75) is 26.9 Å². The van der Waals surface area contributed by atoms with E-state index in [0.717, 1.165) is 0 Å². The first-order valence-electron chi connectivity index (χ1n) is 8.57. The minimum absolute atomic E-state index is 0.0517. The highest BCUT2D eigenvalue weighted by atomic mass is 19.1. The van der Waals surface area contributed by atoms with Crippen molar-refractivity contribution in [3.63, 3.8) is 0 Å². The summed E-state index contributed by atoms with van der Waals surface area (Å²) in [7, 11) is 0. The van der Waals surface area contributed by atoms with Gasteiger partial charge in [-0.05, 0) is 36.8 Å². The Hall–Kier alpha value is -3.03. The summed E-state index contributed by atoms with van der Waals surface area (Å²) in [4.78, 5) is 29.2. The van der Waals surface area contributed by atoms with Crippen molar-refractivity contribution in [1.29, 1.82) is 0 Å². The molecule has 1 aliphatic heterocycles. The second kappa shape index (κ2) is 7.69. The van der Waals surface area contributed by atoms with Crippen LogP contribution in [0.4, 0.5) is 14.6 Å². The Morgan fingerprint density at radius 3 is 2.63 bits per heavy atom. The molecule has 1 aliphatic rings. The fraction of sp³-hybridized carbons (Fsp3) is 0.316. The predicted octanol–water partition coefficient (Wildman–Crippen LogP) is 2.37. The molecule has 0 atom stereocenters.